The fourth-order valence-corrected chi connectivity index (χ4v) is 7.24. The third-order valence-corrected chi connectivity index (χ3v) is 9.89. The second-order valence-corrected chi connectivity index (χ2v) is 13.4. The Morgan fingerprint density at radius 3 is 1.24 bits per heavy atom. The van der Waals surface area contributed by atoms with Crippen LogP contribution in [0.5, 0.6) is 0 Å². The molecule has 0 atom stereocenters. The van der Waals surface area contributed by atoms with E-state index in [1.807, 2.05) is 0 Å². The molecule has 46 heavy (non-hydrogen) atoms. The second-order valence-electron chi connectivity index (χ2n) is 13.4. The number of aromatic nitrogens is 6. The Bertz CT molecular complexity index is 2250. The minimum Gasteiger partial charge on any atom is -0.354 e. The third kappa shape index (κ3) is 3.70. The first kappa shape index (κ1) is 26.8. The summed E-state index contributed by atoms with van der Waals surface area (Å²) in [5.74, 6) is 1.76. The molecular formula is C40H34N6. The van der Waals surface area contributed by atoms with Crippen molar-refractivity contribution in [2.75, 3.05) is 0 Å². The van der Waals surface area contributed by atoms with Crippen molar-refractivity contribution in [3.8, 4) is 34.4 Å². The van der Waals surface area contributed by atoms with Gasteiger partial charge in [0.2, 0.25) is 0 Å². The number of fused-ring (bicyclic) bond motifs is 16. The molecule has 8 aromatic rings. The van der Waals surface area contributed by atoms with Crippen molar-refractivity contribution in [2.24, 2.45) is 0 Å². The van der Waals surface area contributed by atoms with Crippen LogP contribution in [0, 0.1) is 0 Å². The molecule has 0 fully saturated rings. The lowest BCUT2D eigenvalue weighted by molar-refractivity contribution is 0.601. The van der Waals surface area contributed by atoms with Crippen molar-refractivity contribution < 1.29 is 0 Å². The van der Waals surface area contributed by atoms with Gasteiger partial charge in [0.15, 0.2) is 11.6 Å². The standard InChI is InChI=1S/C40H34N6/c1-39(2)31-23-45(25-15-7-5-8-16-25)37(41-31)33-27-19-11-13-21-29(27)35(43-33)40(3,4)36-30-22-14-12-20-28(30)34(44-36)38-42-32(39)24-46(38)26-17-9-6-10-18-26/h5-24,43-44H,1-4H3. The Morgan fingerprint density at radius 2 is 0.826 bits per heavy atom. The maximum absolute atomic E-state index is 5.45. The Balaban J connectivity index is 1.44. The zero-order chi connectivity index (χ0) is 31.2. The molecule has 0 spiro atoms. The van der Waals surface area contributed by atoms with Crippen molar-refractivity contribution in [1.82, 2.24) is 29.1 Å². The van der Waals surface area contributed by atoms with E-state index in [0.717, 1.165) is 68.0 Å². The summed E-state index contributed by atoms with van der Waals surface area (Å²) in [6.07, 6.45) is 4.38. The molecule has 0 aliphatic carbocycles. The van der Waals surface area contributed by atoms with Crippen LogP contribution in [0.4, 0.5) is 0 Å². The van der Waals surface area contributed by atoms with Gasteiger partial charge in [-0.2, -0.15) is 0 Å². The summed E-state index contributed by atoms with van der Waals surface area (Å²) in [6.45, 7) is 9.05. The Morgan fingerprint density at radius 1 is 0.457 bits per heavy atom. The topological polar surface area (TPSA) is 67.2 Å². The number of imidazole rings is 2. The number of para-hydroxylation sites is 2. The number of rotatable bonds is 2. The molecule has 6 heteroatoms. The molecule has 2 N–H and O–H groups in total. The number of hydrogen-bond acceptors (Lipinski definition) is 2. The van der Waals surface area contributed by atoms with Gasteiger partial charge in [-0.15, -0.1) is 0 Å². The van der Waals surface area contributed by atoms with Gasteiger partial charge in [-0.25, -0.2) is 9.97 Å². The minimum absolute atomic E-state index is 0.418. The van der Waals surface area contributed by atoms with E-state index in [1.54, 1.807) is 0 Å². The van der Waals surface area contributed by atoms with Crippen LogP contribution < -0.4 is 0 Å². The van der Waals surface area contributed by atoms with Gasteiger partial charge in [-0.05, 0) is 52.0 Å². The van der Waals surface area contributed by atoms with Crippen LogP contribution in [0.3, 0.4) is 0 Å². The molecule has 8 bridgehead atoms. The summed E-state index contributed by atoms with van der Waals surface area (Å²) in [5.41, 5.74) is 7.39. The largest absolute Gasteiger partial charge is 0.354 e. The van der Waals surface area contributed by atoms with E-state index in [1.165, 1.54) is 10.8 Å². The van der Waals surface area contributed by atoms with Crippen LogP contribution in [0.25, 0.3) is 56.0 Å². The van der Waals surface area contributed by atoms with E-state index < -0.39 is 10.8 Å². The first-order valence-electron chi connectivity index (χ1n) is 15.9. The van der Waals surface area contributed by atoms with E-state index in [2.05, 4.69) is 168 Å². The Labute approximate surface area is 267 Å². The predicted molar refractivity (Wildman–Crippen MR) is 186 cm³/mol. The monoisotopic (exact) mass is 598 g/mol. The van der Waals surface area contributed by atoms with E-state index in [0.29, 0.717) is 0 Å². The van der Waals surface area contributed by atoms with Gasteiger partial charge >= 0.3 is 0 Å². The fourth-order valence-electron chi connectivity index (χ4n) is 7.24. The van der Waals surface area contributed by atoms with Gasteiger partial charge in [-0.1, -0.05) is 84.9 Å². The number of nitrogens with one attached hydrogen (secondary N) is 2. The molecular weight excluding hydrogens is 564 g/mol. The molecule has 1 aliphatic heterocycles. The van der Waals surface area contributed by atoms with Crippen LogP contribution >= 0.6 is 0 Å². The summed E-state index contributed by atoms with van der Waals surface area (Å²) in [5, 5.41) is 4.68. The van der Waals surface area contributed by atoms with Crippen LogP contribution in [-0.2, 0) is 10.8 Å². The van der Waals surface area contributed by atoms with E-state index in [4.69, 9.17) is 9.97 Å². The molecule has 0 saturated carbocycles. The molecule has 4 aromatic carbocycles. The molecule has 6 nitrogen and oxygen atoms in total. The summed E-state index contributed by atoms with van der Waals surface area (Å²) >= 11 is 0. The average Bonchev–Trinajstić information content (AvgIpc) is 3.87. The highest BCUT2D eigenvalue weighted by molar-refractivity contribution is 6.01. The average molecular weight is 599 g/mol. The molecule has 0 unspecified atom stereocenters. The number of aromatic amines is 2. The van der Waals surface area contributed by atoms with Gasteiger partial charge < -0.3 is 9.97 Å². The molecule has 4 aromatic heterocycles. The van der Waals surface area contributed by atoms with Gasteiger partial charge in [0.05, 0.1) is 28.2 Å². The van der Waals surface area contributed by atoms with E-state index in [9.17, 15) is 0 Å². The maximum atomic E-state index is 5.45. The smallest absolute Gasteiger partial charge is 0.162 e. The Kier molecular flexibility index (Phi) is 5.49. The summed E-state index contributed by atoms with van der Waals surface area (Å²) in [4.78, 5) is 18.8. The quantitative estimate of drug-likeness (QED) is 0.208. The third-order valence-electron chi connectivity index (χ3n) is 9.89. The maximum Gasteiger partial charge on any atom is 0.162 e. The van der Waals surface area contributed by atoms with Crippen molar-refractivity contribution in [1.29, 1.82) is 0 Å². The highest BCUT2D eigenvalue weighted by Crippen LogP contribution is 2.45. The summed E-state index contributed by atoms with van der Waals surface area (Å²) in [6, 6.07) is 38.3. The van der Waals surface area contributed by atoms with Gasteiger partial charge in [0.25, 0.3) is 0 Å². The first-order chi connectivity index (χ1) is 22.3. The number of benzene rings is 4. The SMILES string of the molecule is CC1(C)c2cn(-c3ccccc3)c(n2)-c2[nH]c(c3ccccc23)C(C)(C)c2[nH]c(c3ccccc23)-c2nc1cn2-c1ccccc1. The summed E-state index contributed by atoms with van der Waals surface area (Å²) < 4.78 is 4.45. The lowest BCUT2D eigenvalue weighted by Gasteiger charge is -2.24. The van der Waals surface area contributed by atoms with E-state index >= 15 is 0 Å². The highest BCUT2D eigenvalue weighted by Gasteiger charge is 2.37. The number of nitrogens with zero attached hydrogens (tertiary/aromatic N) is 4. The zero-order valence-corrected chi connectivity index (χ0v) is 26.3. The van der Waals surface area contributed by atoms with E-state index in [-0.39, 0.29) is 0 Å². The molecule has 9 rings (SSSR count). The lowest BCUT2D eigenvalue weighted by atomic mass is 9.82. The molecule has 0 amide bonds. The first-order valence-corrected chi connectivity index (χ1v) is 15.9. The molecule has 224 valence electrons. The van der Waals surface area contributed by atoms with Crippen LogP contribution in [0.2, 0.25) is 0 Å². The molecule has 0 saturated heterocycles. The Hall–Kier alpha value is -5.62. The van der Waals surface area contributed by atoms with Crippen molar-refractivity contribution in [2.45, 2.75) is 38.5 Å². The second kappa shape index (κ2) is 9.44. The van der Waals surface area contributed by atoms with Crippen molar-refractivity contribution >= 4 is 21.5 Å². The van der Waals surface area contributed by atoms with Gasteiger partial charge in [-0.3, -0.25) is 9.13 Å². The van der Waals surface area contributed by atoms with Crippen molar-refractivity contribution in [3.05, 3.63) is 144 Å². The minimum atomic E-state index is -0.511. The molecule has 5 heterocycles. The normalized spacial score (nSPS) is 14.9. The fraction of sp³-hybridized carbons (Fsp3) is 0.150. The molecule has 0 radical (unpaired) electrons. The van der Waals surface area contributed by atoms with Gasteiger partial charge in [0, 0.05) is 62.1 Å². The zero-order valence-electron chi connectivity index (χ0n) is 26.3. The van der Waals surface area contributed by atoms with Crippen LogP contribution in [-0.4, -0.2) is 29.1 Å². The predicted octanol–water partition coefficient (Wildman–Crippen LogP) is 9.32. The summed E-state index contributed by atoms with van der Waals surface area (Å²) in [7, 11) is 0. The van der Waals surface area contributed by atoms with Crippen LogP contribution in [0.15, 0.2) is 122 Å². The number of H-pyrrole nitrogens is 2. The van der Waals surface area contributed by atoms with Gasteiger partial charge in [0.1, 0.15) is 0 Å². The lowest BCUT2D eigenvalue weighted by Crippen LogP contribution is -2.21. The number of hydrogen-bond donors (Lipinski definition) is 2. The highest BCUT2D eigenvalue weighted by atomic mass is 15.1. The molecule has 1 aliphatic rings. The van der Waals surface area contributed by atoms with Crippen LogP contribution in [0.1, 0.15) is 50.5 Å². The van der Waals surface area contributed by atoms with Crippen molar-refractivity contribution in [3.63, 3.8) is 0 Å².